The molecule has 7 heteroatoms. The summed E-state index contributed by atoms with van der Waals surface area (Å²) < 4.78 is 21.6. The van der Waals surface area contributed by atoms with Gasteiger partial charge in [0.15, 0.2) is 11.5 Å². The van der Waals surface area contributed by atoms with Crippen molar-refractivity contribution in [2.45, 2.75) is 59.6 Å². The number of hydrogen-bond donors (Lipinski definition) is 1. The van der Waals surface area contributed by atoms with Crippen LogP contribution in [0.5, 0.6) is 11.5 Å². The molecule has 1 unspecified atom stereocenters. The molecule has 0 aliphatic rings. The third-order valence-corrected chi connectivity index (χ3v) is 3.30. The number of amides is 1. The molecule has 0 spiro atoms. The standard InChI is InChI=1S/C20H31NO6/c1-7-24-17-10-9-15(12-18(17)25-8-2)11-16(13-26-14(3)22)21-19(23)27-20(4,5)6/h9-10,12,16H,7-8,11,13H2,1-6H3,(H,21,23). The fraction of sp³-hybridized carbons (Fsp3) is 0.600. The van der Waals surface area contributed by atoms with Crippen LogP contribution in [-0.2, 0) is 20.7 Å². The van der Waals surface area contributed by atoms with Gasteiger partial charge in [0.1, 0.15) is 12.2 Å². The quantitative estimate of drug-likeness (QED) is 0.660. The summed E-state index contributed by atoms with van der Waals surface area (Å²) >= 11 is 0. The van der Waals surface area contributed by atoms with E-state index >= 15 is 0 Å². The number of carbonyl (C=O) groups excluding carboxylic acids is 2. The lowest BCUT2D eigenvalue weighted by Gasteiger charge is -2.24. The number of hydrogen-bond acceptors (Lipinski definition) is 6. The Hall–Kier alpha value is -2.44. The van der Waals surface area contributed by atoms with Crippen LogP contribution in [0, 0.1) is 0 Å². The molecule has 0 saturated heterocycles. The summed E-state index contributed by atoms with van der Waals surface area (Å²) in [6.07, 6.45) is -0.116. The first-order valence-electron chi connectivity index (χ1n) is 9.16. The number of ether oxygens (including phenoxy) is 4. The first kappa shape index (κ1) is 22.6. The van der Waals surface area contributed by atoms with Crippen LogP contribution in [0.25, 0.3) is 0 Å². The van der Waals surface area contributed by atoms with Crippen LogP contribution in [0.3, 0.4) is 0 Å². The molecule has 0 saturated carbocycles. The molecule has 27 heavy (non-hydrogen) atoms. The predicted octanol–water partition coefficient (Wildman–Crippen LogP) is 3.48. The van der Waals surface area contributed by atoms with Gasteiger partial charge >= 0.3 is 12.1 Å². The molecule has 1 amide bonds. The predicted molar refractivity (Wildman–Crippen MR) is 102 cm³/mol. The molecule has 7 nitrogen and oxygen atoms in total. The summed E-state index contributed by atoms with van der Waals surface area (Å²) in [6.45, 7) is 11.6. The van der Waals surface area contributed by atoms with Gasteiger partial charge in [-0.2, -0.15) is 0 Å². The normalized spacial score (nSPS) is 12.1. The molecule has 1 N–H and O–H groups in total. The number of nitrogens with one attached hydrogen (secondary N) is 1. The monoisotopic (exact) mass is 381 g/mol. The van der Waals surface area contributed by atoms with Crippen molar-refractivity contribution < 1.29 is 28.5 Å². The van der Waals surface area contributed by atoms with E-state index in [-0.39, 0.29) is 6.61 Å². The average molecular weight is 381 g/mol. The maximum Gasteiger partial charge on any atom is 0.408 e. The summed E-state index contributed by atoms with van der Waals surface area (Å²) in [5.74, 6) is 0.896. The smallest absolute Gasteiger partial charge is 0.408 e. The fourth-order valence-electron chi connectivity index (χ4n) is 2.35. The largest absolute Gasteiger partial charge is 0.490 e. The molecule has 0 aliphatic carbocycles. The Morgan fingerprint density at radius 1 is 1.07 bits per heavy atom. The maximum absolute atomic E-state index is 12.1. The van der Waals surface area contributed by atoms with Gasteiger partial charge in [-0.25, -0.2) is 4.79 Å². The van der Waals surface area contributed by atoms with E-state index in [0.29, 0.717) is 31.1 Å². The minimum Gasteiger partial charge on any atom is -0.490 e. The van der Waals surface area contributed by atoms with Crippen molar-refractivity contribution in [3.8, 4) is 11.5 Å². The summed E-state index contributed by atoms with van der Waals surface area (Å²) in [6, 6.07) is 5.16. The molecular formula is C20H31NO6. The third kappa shape index (κ3) is 9.17. The van der Waals surface area contributed by atoms with E-state index in [4.69, 9.17) is 18.9 Å². The highest BCUT2D eigenvalue weighted by molar-refractivity contribution is 5.68. The number of esters is 1. The van der Waals surface area contributed by atoms with Gasteiger partial charge in [-0.1, -0.05) is 6.07 Å². The lowest BCUT2D eigenvalue weighted by atomic mass is 10.1. The molecule has 0 aromatic heterocycles. The molecule has 1 aromatic carbocycles. The van der Waals surface area contributed by atoms with E-state index in [1.54, 1.807) is 20.8 Å². The van der Waals surface area contributed by atoms with Crippen LogP contribution in [0.1, 0.15) is 47.1 Å². The van der Waals surface area contributed by atoms with Crippen LogP contribution in [-0.4, -0.2) is 43.5 Å². The first-order valence-corrected chi connectivity index (χ1v) is 9.16. The molecule has 152 valence electrons. The fourth-order valence-corrected chi connectivity index (χ4v) is 2.35. The van der Waals surface area contributed by atoms with E-state index in [1.165, 1.54) is 6.92 Å². The van der Waals surface area contributed by atoms with Crippen molar-refractivity contribution in [2.24, 2.45) is 0 Å². The highest BCUT2D eigenvalue weighted by Gasteiger charge is 2.21. The molecule has 0 heterocycles. The molecule has 0 bridgehead atoms. The Bertz CT molecular complexity index is 623. The molecule has 0 radical (unpaired) electrons. The van der Waals surface area contributed by atoms with Gasteiger partial charge in [0.2, 0.25) is 0 Å². The van der Waals surface area contributed by atoms with Crippen molar-refractivity contribution in [1.29, 1.82) is 0 Å². The second-order valence-corrected chi connectivity index (χ2v) is 7.00. The Kier molecular flexibility index (Phi) is 8.91. The Morgan fingerprint density at radius 3 is 2.26 bits per heavy atom. The summed E-state index contributed by atoms with van der Waals surface area (Å²) in [4.78, 5) is 23.3. The lowest BCUT2D eigenvalue weighted by Crippen LogP contribution is -2.43. The van der Waals surface area contributed by atoms with Gasteiger partial charge < -0.3 is 24.3 Å². The van der Waals surface area contributed by atoms with E-state index in [2.05, 4.69) is 5.32 Å². The van der Waals surface area contributed by atoms with E-state index in [9.17, 15) is 9.59 Å². The SMILES string of the molecule is CCOc1ccc(CC(COC(C)=O)NC(=O)OC(C)(C)C)cc1OCC. The highest BCUT2D eigenvalue weighted by atomic mass is 16.6. The van der Waals surface area contributed by atoms with E-state index in [1.807, 2.05) is 32.0 Å². The van der Waals surface area contributed by atoms with Crippen molar-refractivity contribution in [3.05, 3.63) is 23.8 Å². The van der Waals surface area contributed by atoms with Crippen molar-refractivity contribution in [2.75, 3.05) is 19.8 Å². The Balaban J connectivity index is 2.91. The van der Waals surface area contributed by atoms with Crippen molar-refractivity contribution in [1.82, 2.24) is 5.32 Å². The van der Waals surface area contributed by atoms with Gasteiger partial charge in [0, 0.05) is 6.92 Å². The first-order chi connectivity index (χ1) is 12.6. The zero-order valence-electron chi connectivity index (χ0n) is 17.1. The summed E-state index contributed by atoms with van der Waals surface area (Å²) in [7, 11) is 0. The molecule has 0 fully saturated rings. The molecule has 0 aliphatic heterocycles. The Morgan fingerprint density at radius 2 is 1.70 bits per heavy atom. The second kappa shape index (κ2) is 10.6. The topological polar surface area (TPSA) is 83.1 Å². The van der Waals surface area contributed by atoms with Gasteiger partial charge in [0.25, 0.3) is 0 Å². The van der Waals surface area contributed by atoms with Gasteiger partial charge in [-0.05, 0) is 58.7 Å². The van der Waals surface area contributed by atoms with Crippen molar-refractivity contribution >= 4 is 12.1 Å². The third-order valence-electron chi connectivity index (χ3n) is 3.30. The van der Waals surface area contributed by atoms with Crippen molar-refractivity contribution in [3.63, 3.8) is 0 Å². The van der Waals surface area contributed by atoms with Gasteiger partial charge in [0.05, 0.1) is 19.3 Å². The number of benzene rings is 1. The zero-order chi connectivity index (χ0) is 20.4. The van der Waals surface area contributed by atoms with Crippen LogP contribution in [0.2, 0.25) is 0 Å². The highest BCUT2D eigenvalue weighted by Crippen LogP contribution is 2.29. The number of alkyl carbamates (subject to hydrolysis) is 1. The zero-order valence-corrected chi connectivity index (χ0v) is 17.1. The lowest BCUT2D eigenvalue weighted by molar-refractivity contribution is -0.141. The summed E-state index contributed by atoms with van der Waals surface area (Å²) in [5, 5.41) is 2.76. The molecule has 1 aromatic rings. The van der Waals surface area contributed by atoms with Crippen LogP contribution in [0.4, 0.5) is 4.79 Å². The number of carbonyl (C=O) groups is 2. The van der Waals surface area contributed by atoms with Gasteiger partial charge in [-0.3, -0.25) is 4.79 Å². The van der Waals surface area contributed by atoms with E-state index in [0.717, 1.165) is 5.56 Å². The Labute approximate surface area is 161 Å². The maximum atomic E-state index is 12.1. The minimum atomic E-state index is -0.614. The van der Waals surface area contributed by atoms with Crippen LogP contribution >= 0.6 is 0 Å². The molecule has 1 atom stereocenters. The van der Waals surface area contributed by atoms with E-state index < -0.39 is 23.7 Å². The van der Waals surface area contributed by atoms with Gasteiger partial charge in [-0.15, -0.1) is 0 Å². The number of rotatable bonds is 9. The average Bonchev–Trinajstić information content (AvgIpc) is 2.53. The molecular weight excluding hydrogens is 350 g/mol. The second-order valence-electron chi connectivity index (χ2n) is 7.00. The van der Waals surface area contributed by atoms with Crippen LogP contribution < -0.4 is 14.8 Å². The van der Waals surface area contributed by atoms with Crippen LogP contribution in [0.15, 0.2) is 18.2 Å². The molecule has 1 rings (SSSR count). The minimum absolute atomic E-state index is 0.0474. The summed E-state index contributed by atoms with van der Waals surface area (Å²) in [5.41, 5.74) is 0.298.